The first-order chi connectivity index (χ1) is 10.2. The van der Waals surface area contributed by atoms with E-state index in [9.17, 15) is 0 Å². The number of para-hydroxylation sites is 1. The van der Waals surface area contributed by atoms with Gasteiger partial charge in [0.15, 0.2) is 5.01 Å². The van der Waals surface area contributed by atoms with Crippen LogP contribution in [0.1, 0.15) is 18.9 Å². The summed E-state index contributed by atoms with van der Waals surface area (Å²) in [4.78, 5) is 0. The zero-order valence-corrected chi connectivity index (χ0v) is 13.1. The van der Waals surface area contributed by atoms with Crippen molar-refractivity contribution in [1.29, 1.82) is 0 Å². The van der Waals surface area contributed by atoms with Crippen LogP contribution in [0.3, 0.4) is 0 Å². The van der Waals surface area contributed by atoms with Gasteiger partial charge in [0.1, 0.15) is 16.9 Å². The van der Waals surface area contributed by atoms with Gasteiger partial charge < -0.3 is 9.73 Å². The van der Waals surface area contributed by atoms with Gasteiger partial charge in [-0.25, -0.2) is 0 Å². The molecule has 0 saturated carbocycles. The van der Waals surface area contributed by atoms with Gasteiger partial charge in [0, 0.05) is 18.4 Å². The van der Waals surface area contributed by atoms with Crippen LogP contribution in [0.2, 0.25) is 0 Å². The fourth-order valence-electron chi connectivity index (χ4n) is 2.19. The Bertz CT molecular complexity index is 717. The second-order valence-corrected chi connectivity index (χ2v) is 6.56. The summed E-state index contributed by atoms with van der Waals surface area (Å²) in [7, 11) is 0. The Morgan fingerprint density at radius 2 is 2.10 bits per heavy atom. The molecule has 1 N–H and O–H groups in total. The number of hydrogen-bond donors (Lipinski definition) is 1. The highest BCUT2D eigenvalue weighted by Crippen LogP contribution is 2.32. The van der Waals surface area contributed by atoms with Crippen molar-refractivity contribution in [2.24, 2.45) is 5.92 Å². The molecule has 21 heavy (non-hydrogen) atoms. The lowest BCUT2D eigenvalue weighted by molar-refractivity contribution is 0.553. The molecule has 0 aliphatic carbocycles. The molecule has 1 aromatic carbocycles. The van der Waals surface area contributed by atoms with Crippen LogP contribution in [0.4, 0.5) is 0 Å². The van der Waals surface area contributed by atoms with Crippen LogP contribution in [0.5, 0.6) is 0 Å². The Balaban J connectivity index is 1.70. The maximum absolute atomic E-state index is 5.56. The number of fused-ring (bicyclic) bond motifs is 1. The van der Waals surface area contributed by atoms with Crippen molar-refractivity contribution in [3.8, 4) is 10.6 Å². The van der Waals surface area contributed by atoms with E-state index in [4.69, 9.17) is 4.42 Å². The summed E-state index contributed by atoms with van der Waals surface area (Å²) >= 11 is 1.64. The molecule has 0 spiro atoms. The number of nitrogens with zero attached hydrogens (tertiary/aromatic N) is 2. The number of nitrogens with one attached hydrogen (secondary N) is 1. The third-order valence-corrected chi connectivity index (χ3v) is 4.26. The van der Waals surface area contributed by atoms with E-state index < -0.39 is 0 Å². The number of aromatic nitrogens is 2. The number of furan rings is 1. The maximum Gasteiger partial charge on any atom is 0.151 e. The van der Waals surface area contributed by atoms with Crippen molar-refractivity contribution in [2.75, 3.05) is 13.1 Å². The topological polar surface area (TPSA) is 51.0 Å². The Morgan fingerprint density at radius 3 is 2.95 bits per heavy atom. The number of benzene rings is 1. The summed E-state index contributed by atoms with van der Waals surface area (Å²) < 4.78 is 5.56. The smallest absolute Gasteiger partial charge is 0.151 e. The van der Waals surface area contributed by atoms with E-state index in [0.717, 1.165) is 46.1 Å². The van der Waals surface area contributed by atoms with Gasteiger partial charge in [0.2, 0.25) is 0 Å². The summed E-state index contributed by atoms with van der Waals surface area (Å²) in [6, 6.07) is 8.01. The molecule has 0 radical (unpaired) electrons. The highest BCUT2D eigenvalue weighted by atomic mass is 32.1. The van der Waals surface area contributed by atoms with Crippen molar-refractivity contribution in [3.63, 3.8) is 0 Å². The largest absolute Gasteiger partial charge is 0.464 e. The van der Waals surface area contributed by atoms with Crippen LogP contribution in [0.15, 0.2) is 34.9 Å². The molecular weight excluding hydrogens is 282 g/mol. The van der Waals surface area contributed by atoms with Crippen LogP contribution >= 0.6 is 11.3 Å². The molecule has 0 saturated heterocycles. The van der Waals surface area contributed by atoms with Crippen molar-refractivity contribution in [2.45, 2.75) is 20.3 Å². The molecule has 0 atom stereocenters. The molecule has 3 rings (SSSR count). The minimum Gasteiger partial charge on any atom is -0.464 e. The maximum atomic E-state index is 5.56. The van der Waals surface area contributed by atoms with Gasteiger partial charge in [-0.05, 0) is 18.5 Å². The molecule has 2 heterocycles. The van der Waals surface area contributed by atoms with Crippen LogP contribution in [0, 0.1) is 5.92 Å². The van der Waals surface area contributed by atoms with Crippen molar-refractivity contribution in [3.05, 3.63) is 35.5 Å². The van der Waals surface area contributed by atoms with Crippen LogP contribution in [0.25, 0.3) is 21.5 Å². The third-order valence-electron chi connectivity index (χ3n) is 3.25. The summed E-state index contributed by atoms with van der Waals surface area (Å²) in [5, 5.41) is 15.1. The lowest BCUT2D eigenvalue weighted by atomic mass is 10.2. The van der Waals surface area contributed by atoms with Crippen LogP contribution in [-0.4, -0.2) is 23.3 Å². The molecule has 0 aliphatic heterocycles. The minimum atomic E-state index is 0.673. The van der Waals surface area contributed by atoms with E-state index in [1.54, 1.807) is 17.6 Å². The van der Waals surface area contributed by atoms with Gasteiger partial charge in [0.05, 0.1) is 5.56 Å². The Kier molecular flexibility index (Phi) is 4.31. The molecule has 0 amide bonds. The molecule has 3 aromatic rings. The summed E-state index contributed by atoms with van der Waals surface area (Å²) in [5.41, 5.74) is 1.92. The first-order valence-electron chi connectivity index (χ1n) is 7.23. The zero-order chi connectivity index (χ0) is 14.7. The molecule has 5 heteroatoms. The summed E-state index contributed by atoms with van der Waals surface area (Å²) in [5.74, 6) is 0.673. The molecule has 2 aromatic heterocycles. The molecule has 0 fully saturated rings. The van der Waals surface area contributed by atoms with E-state index in [-0.39, 0.29) is 0 Å². The molecule has 0 aliphatic rings. The van der Waals surface area contributed by atoms with E-state index in [2.05, 4.69) is 35.4 Å². The fraction of sp³-hybridized carbons (Fsp3) is 0.375. The van der Waals surface area contributed by atoms with E-state index >= 15 is 0 Å². The predicted octanol–water partition coefficient (Wildman–Crippen LogP) is 3.74. The standard InChI is InChI=1S/C16H19N3OS/c1-11(2)9-17-8-7-15-18-19-16(21-15)13-10-20-14-6-4-3-5-12(13)14/h3-6,10-11,17H,7-9H2,1-2H3. The quantitative estimate of drug-likeness (QED) is 0.705. The average Bonchev–Trinajstić information content (AvgIpc) is 3.09. The average molecular weight is 301 g/mol. The first-order valence-corrected chi connectivity index (χ1v) is 8.05. The van der Waals surface area contributed by atoms with Gasteiger partial charge in [-0.2, -0.15) is 0 Å². The van der Waals surface area contributed by atoms with E-state index in [0.29, 0.717) is 5.92 Å². The molecular formula is C16H19N3OS. The van der Waals surface area contributed by atoms with Crippen molar-refractivity contribution in [1.82, 2.24) is 15.5 Å². The fourth-order valence-corrected chi connectivity index (χ4v) is 3.05. The minimum absolute atomic E-state index is 0.673. The summed E-state index contributed by atoms with van der Waals surface area (Å²) in [6.07, 6.45) is 2.69. The van der Waals surface area contributed by atoms with Gasteiger partial charge in [-0.3, -0.25) is 0 Å². The third kappa shape index (κ3) is 3.31. The highest BCUT2D eigenvalue weighted by molar-refractivity contribution is 7.14. The van der Waals surface area contributed by atoms with Crippen molar-refractivity contribution < 1.29 is 4.42 Å². The lowest BCUT2D eigenvalue weighted by Crippen LogP contribution is -2.22. The highest BCUT2D eigenvalue weighted by Gasteiger charge is 2.12. The molecule has 0 unspecified atom stereocenters. The summed E-state index contributed by atoms with van der Waals surface area (Å²) in [6.45, 7) is 6.40. The van der Waals surface area contributed by atoms with Gasteiger partial charge in [-0.1, -0.05) is 43.4 Å². The zero-order valence-electron chi connectivity index (χ0n) is 12.3. The van der Waals surface area contributed by atoms with Crippen LogP contribution in [-0.2, 0) is 6.42 Å². The lowest BCUT2D eigenvalue weighted by Gasteiger charge is -2.04. The molecule has 4 nitrogen and oxygen atoms in total. The van der Waals surface area contributed by atoms with Gasteiger partial charge in [0.25, 0.3) is 0 Å². The number of rotatable bonds is 6. The molecule has 110 valence electrons. The van der Waals surface area contributed by atoms with Crippen molar-refractivity contribution >= 4 is 22.3 Å². The Hall–Kier alpha value is -1.72. The van der Waals surface area contributed by atoms with Crippen LogP contribution < -0.4 is 5.32 Å². The number of hydrogen-bond acceptors (Lipinski definition) is 5. The van der Waals surface area contributed by atoms with Gasteiger partial charge in [-0.15, -0.1) is 10.2 Å². The van der Waals surface area contributed by atoms with E-state index in [1.165, 1.54) is 0 Å². The normalized spacial score (nSPS) is 11.6. The first kappa shape index (κ1) is 14.2. The molecule has 0 bridgehead atoms. The second-order valence-electron chi connectivity index (χ2n) is 5.49. The predicted molar refractivity (Wildman–Crippen MR) is 86.5 cm³/mol. The second kappa shape index (κ2) is 6.37. The Morgan fingerprint density at radius 1 is 1.24 bits per heavy atom. The Labute approximate surface area is 128 Å². The monoisotopic (exact) mass is 301 g/mol. The van der Waals surface area contributed by atoms with Gasteiger partial charge >= 0.3 is 0 Å². The SMILES string of the molecule is CC(C)CNCCc1nnc(-c2coc3ccccc23)s1. The van der Waals surface area contributed by atoms with E-state index in [1.807, 2.05) is 18.2 Å².